The number of nitrogen functional groups attached to an aromatic ring is 1. The van der Waals surface area contributed by atoms with Crippen molar-refractivity contribution in [1.82, 2.24) is 9.78 Å². The van der Waals surface area contributed by atoms with Crippen molar-refractivity contribution in [2.24, 2.45) is 0 Å². The first-order chi connectivity index (χ1) is 7.72. The standard InChI is InChI=1S/C13H17N3/c1-3-8-16-13(6-7-15-16)12-9-11(14)5-4-10(12)2/h4-7,9H,3,8,14H2,1-2H3. The van der Waals surface area contributed by atoms with Gasteiger partial charge in [0.15, 0.2) is 0 Å². The summed E-state index contributed by atoms with van der Waals surface area (Å²) in [5.41, 5.74) is 10.2. The van der Waals surface area contributed by atoms with Gasteiger partial charge >= 0.3 is 0 Å². The van der Waals surface area contributed by atoms with Crippen LogP contribution in [0, 0.1) is 6.92 Å². The number of hydrogen-bond acceptors (Lipinski definition) is 2. The fourth-order valence-corrected chi connectivity index (χ4v) is 1.87. The third-order valence-corrected chi connectivity index (χ3v) is 2.69. The minimum absolute atomic E-state index is 0.796. The molecule has 0 spiro atoms. The molecule has 0 amide bonds. The van der Waals surface area contributed by atoms with E-state index < -0.39 is 0 Å². The molecule has 0 aliphatic rings. The molecule has 2 N–H and O–H groups in total. The lowest BCUT2D eigenvalue weighted by atomic mass is 10.0. The zero-order chi connectivity index (χ0) is 11.5. The molecule has 2 rings (SSSR count). The number of rotatable bonds is 3. The molecule has 1 aromatic carbocycles. The Morgan fingerprint density at radius 2 is 2.12 bits per heavy atom. The highest BCUT2D eigenvalue weighted by Crippen LogP contribution is 2.25. The zero-order valence-electron chi connectivity index (χ0n) is 9.77. The van der Waals surface area contributed by atoms with Crippen LogP contribution < -0.4 is 5.73 Å². The Morgan fingerprint density at radius 3 is 2.88 bits per heavy atom. The van der Waals surface area contributed by atoms with Gasteiger partial charge in [-0.1, -0.05) is 13.0 Å². The molecule has 3 heteroatoms. The van der Waals surface area contributed by atoms with Gasteiger partial charge in [0.25, 0.3) is 0 Å². The van der Waals surface area contributed by atoms with E-state index in [4.69, 9.17) is 5.73 Å². The van der Waals surface area contributed by atoms with Gasteiger partial charge in [-0.2, -0.15) is 5.10 Å². The van der Waals surface area contributed by atoms with Crippen LogP contribution in [0.4, 0.5) is 5.69 Å². The van der Waals surface area contributed by atoms with E-state index in [0.29, 0.717) is 0 Å². The number of nitrogens with two attached hydrogens (primary N) is 1. The predicted octanol–water partition coefficient (Wildman–Crippen LogP) is 2.85. The number of aryl methyl sites for hydroxylation is 2. The van der Waals surface area contributed by atoms with E-state index in [-0.39, 0.29) is 0 Å². The molecular formula is C13H17N3. The summed E-state index contributed by atoms with van der Waals surface area (Å²) in [4.78, 5) is 0. The van der Waals surface area contributed by atoms with Gasteiger partial charge in [-0.05, 0) is 37.1 Å². The summed E-state index contributed by atoms with van der Waals surface area (Å²) in [5.74, 6) is 0. The van der Waals surface area contributed by atoms with Crippen molar-refractivity contribution in [2.75, 3.05) is 5.73 Å². The first-order valence-electron chi connectivity index (χ1n) is 5.60. The SMILES string of the molecule is CCCn1nccc1-c1cc(N)ccc1C. The lowest BCUT2D eigenvalue weighted by Crippen LogP contribution is -2.02. The summed E-state index contributed by atoms with van der Waals surface area (Å²) >= 11 is 0. The third-order valence-electron chi connectivity index (χ3n) is 2.69. The Balaban J connectivity index is 2.49. The van der Waals surface area contributed by atoms with Gasteiger partial charge in [0.2, 0.25) is 0 Å². The molecule has 0 unspecified atom stereocenters. The Kier molecular flexibility index (Phi) is 2.95. The van der Waals surface area contributed by atoms with Crippen LogP contribution in [0.5, 0.6) is 0 Å². The molecule has 16 heavy (non-hydrogen) atoms. The lowest BCUT2D eigenvalue weighted by molar-refractivity contribution is 0.609. The van der Waals surface area contributed by atoms with Crippen LogP contribution in [0.2, 0.25) is 0 Å². The van der Waals surface area contributed by atoms with Crippen molar-refractivity contribution in [3.8, 4) is 11.3 Å². The van der Waals surface area contributed by atoms with Gasteiger partial charge in [-0.25, -0.2) is 0 Å². The quantitative estimate of drug-likeness (QED) is 0.800. The Hall–Kier alpha value is -1.77. The Morgan fingerprint density at radius 1 is 1.31 bits per heavy atom. The average molecular weight is 215 g/mol. The fourth-order valence-electron chi connectivity index (χ4n) is 1.87. The van der Waals surface area contributed by atoms with Crippen LogP contribution in [0.15, 0.2) is 30.5 Å². The second kappa shape index (κ2) is 4.39. The van der Waals surface area contributed by atoms with E-state index in [1.165, 1.54) is 11.1 Å². The Labute approximate surface area is 95.9 Å². The minimum Gasteiger partial charge on any atom is -0.399 e. The van der Waals surface area contributed by atoms with E-state index in [0.717, 1.165) is 24.3 Å². The van der Waals surface area contributed by atoms with Gasteiger partial charge < -0.3 is 5.73 Å². The summed E-state index contributed by atoms with van der Waals surface area (Å²) in [6.45, 7) is 5.19. The highest BCUT2D eigenvalue weighted by atomic mass is 15.3. The van der Waals surface area contributed by atoms with Crippen molar-refractivity contribution >= 4 is 5.69 Å². The molecule has 0 aliphatic carbocycles. The van der Waals surface area contributed by atoms with Crippen LogP contribution in [0.25, 0.3) is 11.3 Å². The second-order valence-electron chi connectivity index (χ2n) is 4.01. The fraction of sp³-hybridized carbons (Fsp3) is 0.308. The smallest absolute Gasteiger partial charge is 0.0685 e. The summed E-state index contributed by atoms with van der Waals surface area (Å²) in [6, 6.07) is 8.03. The minimum atomic E-state index is 0.796. The number of hydrogen-bond donors (Lipinski definition) is 1. The van der Waals surface area contributed by atoms with E-state index in [1.807, 2.05) is 35.1 Å². The van der Waals surface area contributed by atoms with Crippen LogP contribution >= 0.6 is 0 Å². The third kappa shape index (κ3) is 1.94. The van der Waals surface area contributed by atoms with Gasteiger partial charge in [0.1, 0.15) is 0 Å². The van der Waals surface area contributed by atoms with Crippen LogP contribution in [0.1, 0.15) is 18.9 Å². The van der Waals surface area contributed by atoms with Crippen molar-refractivity contribution in [3.63, 3.8) is 0 Å². The molecule has 0 fully saturated rings. The summed E-state index contributed by atoms with van der Waals surface area (Å²) in [6.07, 6.45) is 2.92. The summed E-state index contributed by atoms with van der Waals surface area (Å²) < 4.78 is 2.03. The topological polar surface area (TPSA) is 43.8 Å². The van der Waals surface area contributed by atoms with Crippen LogP contribution in [-0.2, 0) is 6.54 Å². The Bertz CT molecular complexity index is 486. The second-order valence-corrected chi connectivity index (χ2v) is 4.01. The zero-order valence-corrected chi connectivity index (χ0v) is 9.77. The van der Waals surface area contributed by atoms with Gasteiger partial charge in [0.05, 0.1) is 5.69 Å². The molecule has 0 bridgehead atoms. The number of anilines is 1. The van der Waals surface area contributed by atoms with Gasteiger partial charge in [-0.3, -0.25) is 4.68 Å². The molecular weight excluding hydrogens is 198 g/mol. The largest absolute Gasteiger partial charge is 0.399 e. The van der Waals surface area contributed by atoms with Crippen LogP contribution in [-0.4, -0.2) is 9.78 Å². The molecule has 0 radical (unpaired) electrons. The molecule has 2 aromatic rings. The van der Waals surface area contributed by atoms with Crippen molar-refractivity contribution < 1.29 is 0 Å². The monoisotopic (exact) mass is 215 g/mol. The first kappa shape index (κ1) is 10.7. The highest BCUT2D eigenvalue weighted by molar-refractivity contribution is 5.68. The summed E-state index contributed by atoms with van der Waals surface area (Å²) in [5, 5.41) is 4.33. The van der Waals surface area contributed by atoms with E-state index >= 15 is 0 Å². The van der Waals surface area contributed by atoms with E-state index in [1.54, 1.807) is 0 Å². The van der Waals surface area contributed by atoms with Crippen molar-refractivity contribution in [2.45, 2.75) is 26.8 Å². The lowest BCUT2D eigenvalue weighted by Gasteiger charge is -2.09. The molecule has 0 saturated carbocycles. The number of nitrogens with zero attached hydrogens (tertiary/aromatic N) is 2. The molecule has 3 nitrogen and oxygen atoms in total. The van der Waals surface area contributed by atoms with Gasteiger partial charge in [-0.15, -0.1) is 0 Å². The number of benzene rings is 1. The molecule has 0 atom stereocenters. The van der Waals surface area contributed by atoms with E-state index in [2.05, 4.69) is 18.9 Å². The maximum Gasteiger partial charge on any atom is 0.0685 e. The summed E-state index contributed by atoms with van der Waals surface area (Å²) in [7, 11) is 0. The normalized spacial score (nSPS) is 10.6. The highest BCUT2D eigenvalue weighted by Gasteiger charge is 2.07. The molecule has 0 aliphatic heterocycles. The molecule has 84 valence electrons. The number of aromatic nitrogens is 2. The average Bonchev–Trinajstić information content (AvgIpc) is 2.70. The first-order valence-corrected chi connectivity index (χ1v) is 5.60. The predicted molar refractivity (Wildman–Crippen MR) is 67.1 cm³/mol. The molecule has 0 saturated heterocycles. The van der Waals surface area contributed by atoms with Crippen molar-refractivity contribution in [3.05, 3.63) is 36.0 Å². The maximum absolute atomic E-state index is 5.83. The maximum atomic E-state index is 5.83. The van der Waals surface area contributed by atoms with Crippen LogP contribution in [0.3, 0.4) is 0 Å². The molecule has 1 heterocycles. The molecule has 1 aromatic heterocycles. The van der Waals surface area contributed by atoms with Crippen molar-refractivity contribution in [1.29, 1.82) is 0 Å². The van der Waals surface area contributed by atoms with E-state index in [9.17, 15) is 0 Å². The van der Waals surface area contributed by atoms with Gasteiger partial charge in [0, 0.05) is 24.0 Å².